The molecule has 0 heterocycles. The molecule has 1 aromatic carbocycles. The Bertz CT molecular complexity index is 491. The molecule has 1 aliphatic carbocycles. The Morgan fingerprint density at radius 3 is 2.21 bits per heavy atom. The highest BCUT2D eigenvalue weighted by Gasteiger charge is 2.44. The minimum atomic E-state index is -4.33. The topological polar surface area (TPSA) is 20.2 Å². The first-order valence-electron chi connectivity index (χ1n) is 6.44. The van der Waals surface area contributed by atoms with Gasteiger partial charge < -0.3 is 5.11 Å². The number of benzene rings is 1. The molecule has 0 radical (unpaired) electrons. The summed E-state index contributed by atoms with van der Waals surface area (Å²) >= 11 is 0. The van der Waals surface area contributed by atoms with Crippen molar-refractivity contribution in [2.45, 2.75) is 51.8 Å². The molecule has 0 spiro atoms. The van der Waals surface area contributed by atoms with Crippen LogP contribution >= 0.6 is 0 Å². The van der Waals surface area contributed by atoms with Crippen LogP contribution in [0.1, 0.15) is 49.8 Å². The number of hydrogen-bond acceptors (Lipinski definition) is 1. The third-order valence-corrected chi connectivity index (χ3v) is 4.04. The van der Waals surface area contributed by atoms with Gasteiger partial charge in [-0.25, -0.2) is 0 Å². The first kappa shape index (κ1) is 14.4. The van der Waals surface area contributed by atoms with E-state index in [4.69, 9.17) is 0 Å². The van der Waals surface area contributed by atoms with E-state index in [2.05, 4.69) is 13.8 Å². The highest BCUT2D eigenvalue weighted by molar-refractivity contribution is 5.37. The van der Waals surface area contributed by atoms with Crippen molar-refractivity contribution in [3.63, 3.8) is 0 Å². The Morgan fingerprint density at radius 2 is 1.79 bits per heavy atom. The van der Waals surface area contributed by atoms with E-state index >= 15 is 0 Å². The molecule has 0 aliphatic heterocycles. The molecule has 1 aromatic rings. The van der Waals surface area contributed by atoms with Crippen LogP contribution in [0, 0.1) is 12.3 Å². The summed E-state index contributed by atoms with van der Waals surface area (Å²) in [6.07, 6.45) is -2.26. The van der Waals surface area contributed by atoms with Gasteiger partial charge >= 0.3 is 6.18 Å². The number of aryl methyl sites for hydroxylation is 1. The van der Waals surface area contributed by atoms with Crippen LogP contribution in [-0.4, -0.2) is 5.11 Å². The van der Waals surface area contributed by atoms with E-state index in [0.29, 0.717) is 24.0 Å². The minimum absolute atomic E-state index is 0.0316. The van der Waals surface area contributed by atoms with Gasteiger partial charge in [0.25, 0.3) is 0 Å². The molecule has 1 nitrogen and oxygen atoms in total. The van der Waals surface area contributed by atoms with Gasteiger partial charge in [0.05, 0.1) is 11.2 Å². The highest BCUT2D eigenvalue weighted by atomic mass is 19.4. The second-order valence-corrected chi connectivity index (χ2v) is 6.40. The van der Waals surface area contributed by atoms with E-state index in [1.165, 1.54) is 6.07 Å². The zero-order chi connectivity index (χ0) is 14.5. The average Bonchev–Trinajstić information content (AvgIpc) is 2.52. The van der Waals surface area contributed by atoms with Crippen LogP contribution < -0.4 is 0 Å². The maximum absolute atomic E-state index is 12.6. The van der Waals surface area contributed by atoms with E-state index in [9.17, 15) is 18.3 Å². The third kappa shape index (κ3) is 2.78. The number of alkyl halides is 3. The molecule has 1 N–H and O–H groups in total. The van der Waals surface area contributed by atoms with Crippen LogP contribution in [0.3, 0.4) is 0 Å². The molecular formula is C15H19F3O. The van der Waals surface area contributed by atoms with Crippen molar-refractivity contribution in [1.82, 2.24) is 0 Å². The number of halogens is 3. The predicted octanol–water partition coefficient (Wildman–Crippen LogP) is 4.41. The summed E-state index contributed by atoms with van der Waals surface area (Å²) in [6, 6.07) is 3.61. The van der Waals surface area contributed by atoms with E-state index in [1.807, 2.05) is 0 Å². The normalized spacial score (nSPS) is 26.7. The molecule has 1 unspecified atom stereocenters. The Hall–Kier alpha value is -1.03. The minimum Gasteiger partial charge on any atom is -0.385 e. The van der Waals surface area contributed by atoms with Gasteiger partial charge in [0, 0.05) is 0 Å². The molecule has 0 saturated heterocycles. The van der Waals surface area contributed by atoms with Crippen LogP contribution in [0.5, 0.6) is 0 Å². The smallest absolute Gasteiger partial charge is 0.385 e. The van der Waals surface area contributed by atoms with Crippen molar-refractivity contribution in [2.24, 2.45) is 5.41 Å². The monoisotopic (exact) mass is 272 g/mol. The van der Waals surface area contributed by atoms with Crippen LogP contribution in [0.15, 0.2) is 18.2 Å². The summed E-state index contributed by atoms with van der Waals surface area (Å²) in [5.74, 6) is 0. The lowest BCUT2D eigenvalue weighted by molar-refractivity contribution is -0.137. The number of hydrogen-bond donors (Lipinski definition) is 1. The zero-order valence-electron chi connectivity index (χ0n) is 11.4. The van der Waals surface area contributed by atoms with Gasteiger partial charge in [-0.3, -0.25) is 0 Å². The van der Waals surface area contributed by atoms with E-state index in [0.717, 1.165) is 18.6 Å². The van der Waals surface area contributed by atoms with Crippen molar-refractivity contribution >= 4 is 0 Å². The zero-order valence-corrected chi connectivity index (χ0v) is 11.4. The summed E-state index contributed by atoms with van der Waals surface area (Å²) in [6.45, 7) is 5.78. The molecule has 0 amide bonds. The fraction of sp³-hybridized carbons (Fsp3) is 0.600. The lowest BCUT2D eigenvalue weighted by Gasteiger charge is -2.27. The summed E-state index contributed by atoms with van der Waals surface area (Å²) in [5.41, 5.74) is -0.475. The molecular weight excluding hydrogens is 253 g/mol. The van der Waals surface area contributed by atoms with Gasteiger partial charge in [-0.15, -0.1) is 0 Å². The summed E-state index contributed by atoms with van der Waals surface area (Å²) in [5, 5.41) is 10.7. The van der Waals surface area contributed by atoms with Gasteiger partial charge in [0.1, 0.15) is 0 Å². The maximum Gasteiger partial charge on any atom is 0.416 e. The van der Waals surface area contributed by atoms with Gasteiger partial charge in [0.15, 0.2) is 0 Å². The van der Waals surface area contributed by atoms with E-state index < -0.39 is 17.3 Å². The SMILES string of the molecule is Cc1cc(C(F)(F)F)ccc1C1(O)CCC(C)(C)C1. The van der Waals surface area contributed by atoms with Gasteiger partial charge in [-0.2, -0.15) is 13.2 Å². The van der Waals surface area contributed by atoms with Crippen molar-refractivity contribution in [3.8, 4) is 0 Å². The quantitative estimate of drug-likeness (QED) is 0.802. The van der Waals surface area contributed by atoms with Crippen molar-refractivity contribution < 1.29 is 18.3 Å². The van der Waals surface area contributed by atoms with Gasteiger partial charge in [0.2, 0.25) is 0 Å². The van der Waals surface area contributed by atoms with E-state index in [1.54, 1.807) is 6.92 Å². The highest BCUT2D eigenvalue weighted by Crippen LogP contribution is 2.49. The van der Waals surface area contributed by atoms with Crippen LogP contribution in [0.2, 0.25) is 0 Å². The van der Waals surface area contributed by atoms with Crippen LogP contribution in [-0.2, 0) is 11.8 Å². The summed E-state index contributed by atoms with van der Waals surface area (Å²) in [4.78, 5) is 0. The fourth-order valence-corrected chi connectivity index (χ4v) is 3.11. The lowest BCUT2D eigenvalue weighted by Crippen LogP contribution is -2.25. The average molecular weight is 272 g/mol. The van der Waals surface area contributed by atoms with Crippen LogP contribution in [0.25, 0.3) is 0 Å². The second kappa shape index (κ2) is 4.23. The molecule has 106 valence electrons. The molecule has 1 saturated carbocycles. The van der Waals surface area contributed by atoms with Gasteiger partial charge in [-0.05, 0) is 54.9 Å². The van der Waals surface area contributed by atoms with Crippen molar-refractivity contribution in [1.29, 1.82) is 0 Å². The fourth-order valence-electron chi connectivity index (χ4n) is 3.11. The second-order valence-electron chi connectivity index (χ2n) is 6.40. The summed E-state index contributed by atoms with van der Waals surface area (Å²) in [7, 11) is 0. The standard InChI is InChI=1S/C15H19F3O/c1-10-8-11(15(16,17)18)4-5-12(10)14(19)7-6-13(2,3)9-14/h4-5,8,19H,6-7,9H2,1-3H3. The predicted molar refractivity (Wildman–Crippen MR) is 67.7 cm³/mol. The lowest BCUT2D eigenvalue weighted by atomic mass is 9.84. The molecule has 4 heteroatoms. The molecule has 1 aliphatic rings. The van der Waals surface area contributed by atoms with Crippen molar-refractivity contribution in [3.05, 3.63) is 34.9 Å². The number of aliphatic hydroxyl groups is 1. The first-order chi connectivity index (χ1) is 8.54. The number of rotatable bonds is 1. The Labute approximate surface area is 111 Å². The summed E-state index contributed by atoms with van der Waals surface area (Å²) < 4.78 is 37.9. The Kier molecular flexibility index (Phi) is 3.21. The molecule has 1 atom stereocenters. The molecule has 0 aromatic heterocycles. The van der Waals surface area contributed by atoms with Crippen molar-refractivity contribution in [2.75, 3.05) is 0 Å². The Morgan fingerprint density at radius 1 is 1.16 bits per heavy atom. The third-order valence-electron chi connectivity index (χ3n) is 4.04. The Balaban J connectivity index is 2.37. The molecule has 2 rings (SSSR count). The molecule has 1 fully saturated rings. The first-order valence-corrected chi connectivity index (χ1v) is 6.44. The molecule has 19 heavy (non-hydrogen) atoms. The van der Waals surface area contributed by atoms with Gasteiger partial charge in [-0.1, -0.05) is 19.9 Å². The largest absolute Gasteiger partial charge is 0.416 e. The molecule has 0 bridgehead atoms. The van der Waals surface area contributed by atoms with Crippen LogP contribution in [0.4, 0.5) is 13.2 Å². The van der Waals surface area contributed by atoms with E-state index in [-0.39, 0.29) is 5.41 Å². The maximum atomic E-state index is 12.6.